The number of hydrogen-bond donors (Lipinski definition) is 1. The van der Waals surface area contributed by atoms with Gasteiger partial charge in [-0.15, -0.1) is 0 Å². The molecule has 0 saturated heterocycles. The number of hydrogen-bond acceptors (Lipinski definition) is 1. The average molecular weight is 253 g/mol. The molecule has 2 rings (SSSR count). The van der Waals surface area contributed by atoms with Crippen molar-refractivity contribution in [2.75, 3.05) is 0 Å². The van der Waals surface area contributed by atoms with E-state index in [-0.39, 0.29) is 11.4 Å². The second-order valence-electron chi connectivity index (χ2n) is 5.97. The van der Waals surface area contributed by atoms with Crippen molar-refractivity contribution in [2.24, 2.45) is 17.6 Å². The zero-order valence-corrected chi connectivity index (χ0v) is 11.0. The fourth-order valence-electron chi connectivity index (χ4n) is 2.96. The van der Waals surface area contributed by atoms with Crippen LogP contribution < -0.4 is 5.73 Å². The fraction of sp³-hybridized carbons (Fsp3) is 0.600. The Kier molecular flexibility index (Phi) is 3.71. The van der Waals surface area contributed by atoms with Crippen molar-refractivity contribution >= 4 is 0 Å². The molecule has 1 fully saturated rings. The molecule has 1 aliphatic rings. The summed E-state index contributed by atoms with van der Waals surface area (Å²) in [6, 6.07) is 3.60. The summed E-state index contributed by atoms with van der Waals surface area (Å²) in [6.45, 7) is 4.42. The SMILES string of the molecule is CC1CCC(N)(Cc2cc(F)ccc2F)CC1C. The minimum atomic E-state index is -0.396. The molecule has 0 radical (unpaired) electrons. The molecule has 3 unspecified atom stereocenters. The minimum Gasteiger partial charge on any atom is -0.325 e. The molecule has 1 aromatic carbocycles. The van der Waals surface area contributed by atoms with Gasteiger partial charge in [0, 0.05) is 5.54 Å². The molecule has 0 spiro atoms. The Morgan fingerprint density at radius 3 is 2.67 bits per heavy atom. The van der Waals surface area contributed by atoms with Crippen molar-refractivity contribution in [1.29, 1.82) is 0 Å². The lowest BCUT2D eigenvalue weighted by atomic mass is 9.69. The maximum Gasteiger partial charge on any atom is 0.126 e. The summed E-state index contributed by atoms with van der Waals surface area (Å²) in [5.74, 6) is 0.458. The van der Waals surface area contributed by atoms with Crippen LogP contribution in [0, 0.1) is 23.5 Å². The van der Waals surface area contributed by atoms with Gasteiger partial charge in [0.05, 0.1) is 0 Å². The Morgan fingerprint density at radius 2 is 2.00 bits per heavy atom. The van der Waals surface area contributed by atoms with E-state index in [2.05, 4.69) is 13.8 Å². The molecule has 1 aliphatic carbocycles. The third kappa shape index (κ3) is 2.89. The second kappa shape index (κ2) is 4.96. The van der Waals surface area contributed by atoms with E-state index in [9.17, 15) is 8.78 Å². The van der Waals surface area contributed by atoms with Crippen molar-refractivity contribution in [3.8, 4) is 0 Å². The highest BCUT2D eigenvalue weighted by Crippen LogP contribution is 2.36. The van der Waals surface area contributed by atoms with Crippen molar-refractivity contribution in [3.63, 3.8) is 0 Å². The Labute approximate surface area is 107 Å². The molecule has 0 aromatic heterocycles. The van der Waals surface area contributed by atoms with Crippen LogP contribution in [0.5, 0.6) is 0 Å². The molecular weight excluding hydrogens is 232 g/mol. The van der Waals surface area contributed by atoms with Gasteiger partial charge in [0.15, 0.2) is 0 Å². The molecule has 1 saturated carbocycles. The smallest absolute Gasteiger partial charge is 0.126 e. The summed E-state index contributed by atoms with van der Waals surface area (Å²) in [6.07, 6.45) is 3.25. The molecule has 2 N–H and O–H groups in total. The van der Waals surface area contributed by atoms with E-state index >= 15 is 0 Å². The van der Waals surface area contributed by atoms with E-state index in [1.165, 1.54) is 12.1 Å². The largest absolute Gasteiger partial charge is 0.325 e. The zero-order valence-electron chi connectivity index (χ0n) is 11.0. The van der Waals surface area contributed by atoms with Crippen molar-refractivity contribution < 1.29 is 8.78 Å². The third-order valence-electron chi connectivity index (χ3n) is 4.35. The first-order valence-electron chi connectivity index (χ1n) is 6.62. The van der Waals surface area contributed by atoms with Crippen LogP contribution in [0.25, 0.3) is 0 Å². The molecular formula is C15H21F2N. The summed E-state index contributed by atoms with van der Waals surface area (Å²) in [4.78, 5) is 0. The molecule has 0 amide bonds. The van der Waals surface area contributed by atoms with Gasteiger partial charge in [-0.1, -0.05) is 13.8 Å². The van der Waals surface area contributed by atoms with Crippen molar-refractivity contribution in [3.05, 3.63) is 35.4 Å². The molecule has 0 heterocycles. The molecule has 18 heavy (non-hydrogen) atoms. The van der Waals surface area contributed by atoms with Gasteiger partial charge < -0.3 is 5.73 Å². The quantitative estimate of drug-likeness (QED) is 0.855. The lowest BCUT2D eigenvalue weighted by Gasteiger charge is -2.40. The maximum atomic E-state index is 13.6. The minimum absolute atomic E-state index is 0.354. The number of nitrogens with two attached hydrogens (primary N) is 1. The van der Waals surface area contributed by atoms with Gasteiger partial charge >= 0.3 is 0 Å². The van der Waals surface area contributed by atoms with Gasteiger partial charge in [-0.05, 0) is 61.3 Å². The predicted molar refractivity (Wildman–Crippen MR) is 69.2 cm³/mol. The molecule has 3 heteroatoms. The van der Waals surface area contributed by atoms with E-state index in [0.29, 0.717) is 23.8 Å². The average Bonchev–Trinajstić information content (AvgIpc) is 2.29. The van der Waals surface area contributed by atoms with Gasteiger partial charge in [0.1, 0.15) is 11.6 Å². The van der Waals surface area contributed by atoms with Gasteiger partial charge in [0.2, 0.25) is 0 Å². The Morgan fingerprint density at radius 1 is 1.28 bits per heavy atom. The first-order chi connectivity index (χ1) is 8.39. The van der Waals surface area contributed by atoms with E-state index < -0.39 is 5.82 Å². The van der Waals surface area contributed by atoms with Gasteiger partial charge in [-0.2, -0.15) is 0 Å². The van der Waals surface area contributed by atoms with E-state index in [1.807, 2.05) is 0 Å². The van der Waals surface area contributed by atoms with Gasteiger partial charge in [0.25, 0.3) is 0 Å². The van der Waals surface area contributed by atoms with Crippen LogP contribution in [0.2, 0.25) is 0 Å². The van der Waals surface area contributed by atoms with Crippen LogP contribution in [-0.2, 0) is 6.42 Å². The number of benzene rings is 1. The summed E-state index contributed by atoms with van der Waals surface area (Å²) < 4.78 is 26.8. The second-order valence-corrected chi connectivity index (χ2v) is 5.97. The Bertz CT molecular complexity index is 433. The molecule has 0 aliphatic heterocycles. The standard InChI is InChI=1S/C15H21F2N/c1-10-5-6-15(18,8-11(10)2)9-12-7-13(16)3-4-14(12)17/h3-4,7,10-11H,5-6,8-9,18H2,1-2H3. The van der Waals surface area contributed by atoms with Crippen molar-refractivity contribution in [2.45, 2.75) is 45.1 Å². The fourth-order valence-corrected chi connectivity index (χ4v) is 2.96. The lowest BCUT2D eigenvalue weighted by molar-refractivity contribution is 0.175. The summed E-state index contributed by atoms with van der Waals surface area (Å²) >= 11 is 0. The Balaban J connectivity index is 2.15. The zero-order chi connectivity index (χ0) is 13.3. The Hall–Kier alpha value is -0.960. The van der Waals surface area contributed by atoms with Crippen LogP contribution in [0.15, 0.2) is 18.2 Å². The monoisotopic (exact) mass is 253 g/mol. The van der Waals surface area contributed by atoms with Gasteiger partial charge in [-0.25, -0.2) is 8.78 Å². The van der Waals surface area contributed by atoms with Crippen LogP contribution in [0.4, 0.5) is 8.78 Å². The summed E-state index contributed by atoms with van der Waals surface area (Å²) in [5.41, 5.74) is 6.39. The summed E-state index contributed by atoms with van der Waals surface area (Å²) in [5, 5.41) is 0. The first kappa shape index (κ1) is 13.5. The topological polar surface area (TPSA) is 26.0 Å². The highest BCUT2D eigenvalue weighted by atomic mass is 19.1. The van der Waals surface area contributed by atoms with Crippen LogP contribution in [0.3, 0.4) is 0 Å². The highest BCUT2D eigenvalue weighted by Gasteiger charge is 2.35. The lowest BCUT2D eigenvalue weighted by Crippen LogP contribution is -2.47. The summed E-state index contributed by atoms with van der Waals surface area (Å²) in [7, 11) is 0. The maximum absolute atomic E-state index is 13.6. The number of halogens is 2. The van der Waals surface area contributed by atoms with Crippen LogP contribution in [0.1, 0.15) is 38.7 Å². The molecule has 0 bridgehead atoms. The van der Waals surface area contributed by atoms with E-state index in [4.69, 9.17) is 5.73 Å². The first-order valence-corrected chi connectivity index (χ1v) is 6.62. The normalized spacial score (nSPS) is 32.5. The molecule has 1 nitrogen and oxygen atoms in total. The van der Waals surface area contributed by atoms with Crippen LogP contribution in [-0.4, -0.2) is 5.54 Å². The van der Waals surface area contributed by atoms with E-state index in [1.54, 1.807) is 0 Å². The third-order valence-corrected chi connectivity index (χ3v) is 4.35. The van der Waals surface area contributed by atoms with Crippen LogP contribution >= 0.6 is 0 Å². The molecule has 100 valence electrons. The molecule has 3 atom stereocenters. The molecule has 1 aromatic rings. The predicted octanol–water partition coefficient (Wildman–Crippen LogP) is 3.66. The van der Waals surface area contributed by atoms with Crippen molar-refractivity contribution in [1.82, 2.24) is 0 Å². The highest BCUT2D eigenvalue weighted by molar-refractivity contribution is 5.21. The van der Waals surface area contributed by atoms with E-state index in [0.717, 1.165) is 25.3 Å². The van der Waals surface area contributed by atoms with Gasteiger partial charge in [-0.3, -0.25) is 0 Å². The number of rotatable bonds is 2.